The van der Waals surface area contributed by atoms with Crippen molar-refractivity contribution in [2.45, 2.75) is 45.4 Å². The van der Waals surface area contributed by atoms with E-state index < -0.39 is 0 Å². The Morgan fingerprint density at radius 1 is 0.367 bits per heavy atom. The van der Waals surface area contributed by atoms with Crippen molar-refractivity contribution in [2.24, 2.45) is 0 Å². The van der Waals surface area contributed by atoms with E-state index in [1.165, 1.54) is 23.7 Å². The Hall–Kier alpha value is 0.450. The van der Waals surface area contributed by atoms with Gasteiger partial charge in [-0.05, 0) is 23.7 Å². The first-order chi connectivity index (χ1) is 14.9. The molecule has 0 aromatic heterocycles. The number of ether oxygens (including phenoxy) is 7. The predicted octanol–water partition coefficient (Wildman–Crippen LogP) is 3.90. The number of hydrogen-bond donors (Lipinski definition) is 0. The van der Waals surface area contributed by atoms with Gasteiger partial charge in [0, 0.05) is 13.2 Å². The van der Waals surface area contributed by atoms with Crippen molar-refractivity contribution in [3.05, 3.63) is 0 Å². The van der Waals surface area contributed by atoms with E-state index >= 15 is 0 Å². The van der Waals surface area contributed by atoms with Gasteiger partial charge in [-0.1, -0.05) is 48.8 Å². The molecule has 0 aliphatic carbocycles. The minimum absolute atomic E-state index is 0.565. The Morgan fingerprint density at radius 2 is 0.667 bits per heavy atom. The van der Waals surface area contributed by atoms with Crippen molar-refractivity contribution >= 4 is 22.6 Å². The fourth-order valence-electron chi connectivity index (χ4n) is 2.32. The van der Waals surface area contributed by atoms with Crippen molar-refractivity contribution in [3.8, 4) is 0 Å². The molecule has 0 spiro atoms. The first kappa shape index (κ1) is 30.4. The molecule has 0 amide bonds. The van der Waals surface area contributed by atoms with Crippen LogP contribution in [-0.4, -0.2) is 96.9 Å². The Morgan fingerprint density at radius 3 is 1.00 bits per heavy atom. The summed E-state index contributed by atoms with van der Waals surface area (Å²) in [6.45, 7) is 11.0. The normalized spacial score (nSPS) is 11.4. The fraction of sp³-hybridized carbons (Fsp3) is 1.00. The van der Waals surface area contributed by atoms with Gasteiger partial charge in [0.05, 0.1) is 79.3 Å². The molecule has 0 rings (SSSR count). The number of halogens is 1. The summed E-state index contributed by atoms with van der Waals surface area (Å²) in [6, 6.07) is 0. The molecule has 0 atom stereocenters. The van der Waals surface area contributed by atoms with Gasteiger partial charge < -0.3 is 33.2 Å². The zero-order valence-corrected chi connectivity index (χ0v) is 21.2. The molecule has 0 aromatic rings. The van der Waals surface area contributed by atoms with Gasteiger partial charge in [0.2, 0.25) is 0 Å². The molecule has 0 N–H and O–H groups in total. The second-order valence-corrected chi connectivity index (χ2v) is 7.82. The Labute approximate surface area is 197 Å². The highest BCUT2D eigenvalue weighted by Crippen LogP contribution is 2.02. The maximum Gasteiger partial charge on any atom is 0.0701 e. The van der Waals surface area contributed by atoms with Crippen molar-refractivity contribution in [2.75, 3.05) is 96.9 Å². The van der Waals surface area contributed by atoms with Crippen LogP contribution in [0.5, 0.6) is 0 Å². The van der Waals surface area contributed by atoms with Crippen molar-refractivity contribution in [1.29, 1.82) is 0 Å². The summed E-state index contributed by atoms with van der Waals surface area (Å²) in [7, 11) is 0. The molecule has 7 nitrogen and oxygen atoms in total. The monoisotopic (exact) mass is 548 g/mol. The molecule has 0 aliphatic rings. The fourth-order valence-corrected chi connectivity index (χ4v) is 2.86. The van der Waals surface area contributed by atoms with Gasteiger partial charge in [0.25, 0.3) is 0 Å². The smallest absolute Gasteiger partial charge is 0.0701 e. The van der Waals surface area contributed by atoms with Gasteiger partial charge in [-0.25, -0.2) is 0 Å². The number of hydrogen-bond acceptors (Lipinski definition) is 7. The molecule has 0 saturated carbocycles. The van der Waals surface area contributed by atoms with Crippen LogP contribution in [0.2, 0.25) is 0 Å². The predicted molar refractivity (Wildman–Crippen MR) is 128 cm³/mol. The zero-order valence-electron chi connectivity index (χ0n) is 19.1. The van der Waals surface area contributed by atoms with E-state index in [4.69, 9.17) is 33.2 Å². The van der Waals surface area contributed by atoms with Crippen LogP contribution in [0.3, 0.4) is 0 Å². The van der Waals surface area contributed by atoms with E-state index in [1.54, 1.807) is 0 Å². The minimum Gasteiger partial charge on any atom is -0.379 e. The van der Waals surface area contributed by atoms with E-state index in [2.05, 4.69) is 29.5 Å². The highest BCUT2D eigenvalue weighted by atomic mass is 127. The maximum absolute atomic E-state index is 5.54. The Balaban J connectivity index is 2.97. The van der Waals surface area contributed by atoms with Gasteiger partial charge in [0.1, 0.15) is 0 Å². The summed E-state index contributed by atoms with van der Waals surface area (Å²) in [5.74, 6) is 0. The molecule has 0 fully saturated rings. The highest BCUT2D eigenvalue weighted by molar-refractivity contribution is 14.1. The Bertz CT molecular complexity index is 271. The lowest BCUT2D eigenvalue weighted by molar-refractivity contribution is -0.0206. The molecular weight excluding hydrogens is 503 g/mol. The number of alkyl halides is 1. The second kappa shape index (κ2) is 29.5. The third-order valence-corrected chi connectivity index (χ3v) is 4.81. The molecule has 0 heterocycles. The van der Waals surface area contributed by atoms with Crippen LogP contribution < -0.4 is 0 Å². The van der Waals surface area contributed by atoms with E-state index in [0.717, 1.165) is 32.5 Å². The van der Waals surface area contributed by atoms with Crippen LogP contribution in [0, 0.1) is 0 Å². The van der Waals surface area contributed by atoms with Crippen molar-refractivity contribution < 1.29 is 33.2 Å². The molecule has 30 heavy (non-hydrogen) atoms. The molecule has 182 valence electrons. The molecule has 0 aromatic carbocycles. The quantitative estimate of drug-likeness (QED) is 0.0877. The average molecular weight is 548 g/mol. The van der Waals surface area contributed by atoms with Gasteiger partial charge in [0.15, 0.2) is 0 Å². The summed E-state index contributed by atoms with van der Waals surface area (Å²) < 4.78 is 39.4. The summed E-state index contributed by atoms with van der Waals surface area (Å²) in [6.07, 6.45) is 7.29. The summed E-state index contributed by atoms with van der Waals surface area (Å²) in [5, 5.41) is 0. The first-order valence-electron chi connectivity index (χ1n) is 11.5. The zero-order chi connectivity index (χ0) is 21.8. The van der Waals surface area contributed by atoms with E-state index in [9.17, 15) is 0 Å². The standard InChI is InChI=1S/C22H45IO7/c1-2-3-9-24-11-13-26-15-17-28-19-21-30-22-20-29-18-16-27-14-12-25-10-7-5-4-6-8-23/h2-22H2,1H3. The summed E-state index contributed by atoms with van der Waals surface area (Å²) in [4.78, 5) is 0. The van der Waals surface area contributed by atoms with Crippen LogP contribution in [-0.2, 0) is 33.2 Å². The molecule has 0 saturated heterocycles. The van der Waals surface area contributed by atoms with Gasteiger partial charge >= 0.3 is 0 Å². The second-order valence-electron chi connectivity index (χ2n) is 6.74. The minimum atomic E-state index is 0.565. The van der Waals surface area contributed by atoms with E-state index in [1.807, 2.05) is 0 Å². The van der Waals surface area contributed by atoms with E-state index in [-0.39, 0.29) is 0 Å². The Kier molecular flexibility index (Phi) is 29.9. The van der Waals surface area contributed by atoms with Crippen LogP contribution >= 0.6 is 22.6 Å². The van der Waals surface area contributed by atoms with Crippen LogP contribution in [0.4, 0.5) is 0 Å². The third-order valence-electron chi connectivity index (χ3n) is 4.05. The summed E-state index contributed by atoms with van der Waals surface area (Å²) in [5.41, 5.74) is 0. The molecule has 0 aliphatic heterocycles. The lowest BCUT2D eigenvalue weighted by Crippen LogP contribution is -2.14. The largest absolute Gasteiger partial charge is 0.379 e. The van der Waals surface area contributed by atoms with Crippen molar-refractivity contribution in [1.82, 2.24) is 0 Å². The topological polar surface area (TPSA) is 64.6 Å². The highest BCUT2D eigenvalue weighted by Gasteiger charge is 1.95. The number of unbranched alkanes of at least 4 members (excludes halogenated alkanes) is 4. The first-order valence-corrected chi connectivity index (χ1v) is 13.0. The SMILES string of the molecule is CCCCOCCOCCOCCOCCOCCOCCOCCCCCCI. The molecule has 0 bridgehead atoms. The van der Waals surface area contributed by atoms with Gasteiger partial charge in [-0.15, -0.1) is 0 Å². The van der Waals surface area contributed by atoms with Crippen LogP contribution in [0.15, 0.2) is 0 Å². The third kappa shape index (κ3) is 28.5. The molecule has 8 heteroatoms. The number of rotatable bonds is 27. The van der Waals surface area contributed by atoms with Crippen LogP contribution in [0.25, 0.3) is 0 Å². The molecule has 0 unspecified atom stereocenters. The lowest BCUT2D eigenvalue weighted by atomic mass is 10.2. The van der Waals surface area contributed by atoms with Crippen LogP contribution in [0.1, 0.15) is 45.4 Å². The molecule has 0 radical (unpaired) electrons. The molecular formula is C22H45IO7. The van der Waals surface area contributed by atoms with E-state index in [0.29, 0.717) is 79.3 Å². The summed E-state index contributed by atoms with van der Waals surface area (Å²) >= 11 is 2.42. The maximum atomic E-state index is 5.54. The average Bonchev–Trinajstić information content (AvgIpc) is 2.76. The van der Waals surface area contributed by atoms with Crippen molar-refractivity contribution in [3.63, 3.8) is 0 Å². The van der Waals surface area contributed by atoms with Gasteiger partial charge in [-0.3, -0.25) is 0 Å². The lowest BCUT2D eigenvalue weighted by Gasteiger charge is -2.08. The van der Waals surface area contributed by atoms with Gasteiger partial charge in [-0.2, -0.15) is 0 Å².